The van der Waals surface area contributed by atoms with Crippen LogP contribution in [-0.2, 0) is 16.0 Å². The standard InChI is InChI=1S/C28H35N5O3/c1-18-25(21-12-14-23(15-13-21)31-28(35)36-2)33-26(30-18)24(16-19-6-4-3-5-7-19)32-27(34)22-10-8-20(17-29)9-11-22/h3-7,12-15,20,22,24H,8-11,16-17,29H2,1-2H3,(H,30,33)(H,31,35)(H,32,34)/t20-,22-,24?. The first-order valence-electron chi connectivity index (χ1n) is 12.5. The van der Waals surface area contributed by atoms with Crippen LogP contribution in [0.4, 0.5) is 10.5 Å². The van der Waals surface area contributed by atoms with Crippen molar-refractivity contribution in [2.24, 2.45) is 17.6 Å². The minimum Gasteiger partial charge on any atom is -0.453 e. The SMILES string of the molecule is COC(=O)Nc1ccc(-c2nc(C(Cc3ccccc3)NC(=O)[C@H]3CC[C@H](CN)CC3)[nH]c2C)cc1. The van der Waals surface area contributed by atoms with E-state index >= 15 is 0 Å². The Morgan fingerprint density at radius 3 is 2.42 bits per heavy atom. The van der Waals surface area contributed by atoms with E-state index in [2.05, 4.69) is 32.5 Å². The van der Waals surface area contributed by atoms with Gasteiger partial charge in [-0.2, -0.15) is 0 Å². The summed E-state index contributed by atoms with van der Waals surface area (Å²) >= 11 is 0. The number of nitrogens with two attached hydrogens (primary N) is 1. The van der Waals surface area contributed by atoms with Gasteiger partial charge in [0.2, 0.25) is 5.91 Å². The molecule has 1 atom stereocenters. The Balaban J connectivity index is 1.54. The number of carbonyl (C=O) groups is 2. The minimum atomic E-state index is -0.517. The molecule has 5 N–H and O–H groups in total. The number of nitrogens with zero attached hydrogens (tertiary/aromatic N) is 1. The summed E-state index contributed by atoms with van der Waals surface area (Å²) in [4.78, 5) is 33.0. The average Bonchev–Trinajstić information content (AvgIpc) is 3.30. The van der Waals surface area contributed by atoms with E-state index < -0.39 is 6.09 Å². The second-order valence-electron chi connectivity index (χ2n) is 9.49. The van der Waals surface area contributed by atoms with Crippen molar-refractivity contribution in [3.05, 3.63) is 71.7 Å². The summed E-state index contributed by atoms with van der Waals surface area (Å²) in [5, 5.41) is 5.94. The van der Waals surface area contributed by atoms with Crippen LogP contribution < -0.4 is 16.4 Å². The number of nitrogens with one attached hydrogen (secondary N) is 3. The number of benzene rings is 2. The summed E-state index contributed by atoms with van der Waals surface area (Å²) < 4.78 is 4.65. The average molecular weight is 490 g/mol. The first-order chi connectivity index (χ1) is 17.5. The van der Waals surface area contributed by atoms with E-state index in [0.29, 0.717) is 24.6 Å². The molecular formula is C28H35N5O3. The first-order valence-corrected chi connectivity index (χ1v) is 12.5. The van der Waals surface area contributed by atoms with Crippen LogP contribution in [0.5, 0.6) is 0 Å². The first kappa shape index (κ1) is 25.4. The van der Waals surface area contributed by atoms with E-state index in [-0.39, 0.29) is 17.9 Å². The zero-order valence-electron chi connectivity index (χ0n) is 20.9. The molecule has 36 heavy (non-hydrogen) atoms. The molecule has 1 saturated carbocycles. The van der Waals surface area contributed by atoms with Gasteiger partial charge < -0.3 is 20.8 Å². The summed E-state index contributed by atoms with van der Waals surface area (Å²) in [6.07, 6.45) is 3.88. The number of methoxy groups -OCH3 is 1. The number of aryl methyl sites for hydroxylation is 1. The van der Waals surface area contributed by atoms with Crippen molar-refractivity contribution in [1.82, 2.24) is 15.3 Å². The largest absolute Gasteiger partial charge is 0.453 e. The molecule has 1 heterocycles. The molecule has 2 amide bonds. The van der Waals surface area contributed by atoms with Crippen LogP contribution in [0.25, 0.3) is 11.3 Å². The van der Waals surface area contributed by atoms with E-state index in [0.717, 1.165) is 54.0 Å². The molecule has 0 aliphatic heterocycles. The van der Waals surface area contributed by atoms with Gasteiger partial charge in [0.1, 0.15) is 5.82 Å². The van der Waals surface area contributed by atoms with Crippen molar-refractivity contribution < 1.29 is 14.3 Å². The number of H-pyrrole nitrogens is 1. The highest BCUT2D eigenvalue weighted by molar-refractivity contribution is 5.85. The molecule has 2 aromatic carbocycles. The maximum atomic E-state index is 13.3. The number of hydrogen-bond acceptors (Lipinski definition) is 5. The summed E-state index contributed by atoms with van der Waals surface area (Å²) in [5.41, 5.74) is 10.2. The van der Waals surface area contributed by atoms with Gasteiger partial charge in [-0.25, -0.2) is 9.78 Å². The number of anilines is 1. The molecule has 1 unspecified atom stereocenters. The van der Waals surface area contributed by atoms with Crippen molar-refractivity contribution >= 4 is 17.7 Å². The van der Waals surface area contributed by atoms with Crippen LogP contribution in [-0.4, -0.2) is 35.6 Å². The highest BCUT2D eigenvalue weighted by Crippen LogP contribution is 2.30. The lowest BCUT2D eigenvalue weighted by Crippen LogP contribution is -2.37. The summed E-state index contributed by atoms with van der Waals surface area (Å²) in [7, 11) is 1.33. The smallest absolute Gasteiger partial charge is 0.411 e. The Labute approximate surface area is 212 Å². The van der Waals surface area contributed by atoms with E-state index in [1.54, 1.807) is 12.1 Å². The van der Waals surface area contributed by atoms with Gasteiger partial charge in [-0.15, -0.1) is 0 Å². The van der Waals surface area contributed by atoms with Crippen molar-refractivity contribution in [3.8, 4) is 11.3 Å². The molecule has 0 bridgehead atoms. The van der Waals surface area contributed by atoms with E-state index in [9.17, 15) is 9.59 Å². The number of aromatic amines is 1. The zero-order chi connectivity index (χ0) is 25.5. The predicted octanol–water partition coefficient (Wildman–Crippen LogP) is 4.73. The molecule has 1 aliphatic rings. The van der Waals surface area contributed by atoms with Crippen molar-refractivity contribution in [2.45, 2.75) is 45.1 Å². The lowest BCUT2D eigenvalue weighted by atomic mass is 9.81. The third kappa shape index (κ3) is 6.31. The zero-order valence-corrected chi connectivity index (χ0v) is 20.9. The molecule has 0 spiro atoms. The summed E-state index contributed by atoms with van der Waals surface area (Å²) in [6, 6.07) is 17.3. The fraction of sp³-hybridized carbons (Fsp3) is 0.393. The third-order valence-electron chi connectivity index (χ3n) is 6.97. The molecule has 0 saturated heterocycles. The molecular weight excluding hydrogens is 454 g/mol. The number of hydrogen-bond donors (Lipinski definition) is 4. The molecule has 1 fully saturated rings. The number of carbonyl (C=O) groups excluding carboxylic acids is 2. The number of rotatable bonds is 8. The molecule has 3 aromatic rings. The molecule has 1 aromatic heterocycles. The Bertz CT molecular complexity index is 1150. The summed E-state index contributed by atoms with van der Waals surface area (Å²) in [5.74, 6) is 1.35. The number of imidazole rings is 1. The number of aromatic nitrogens is 2. The lowest BCUT2D eigenvalue weighted by molar-refractivity contribution is -0.127. The van der Waals surface area contributed by atoms with E-state index in [1.165, 1.54) is 7.11 Å². The van der Waals surface area contributed by atoms with Gasteiger partial charge in [-0.1, -0.05) is 42.5 Å². The molecule has 8 heteroatoms. The Kier molecular flexibility index (Phi) is 8.38. The second kappa shape index (κ2) is 11.9. The lowest BCUT2D eigenvalue weighted by Gasteiger charge is -2.28. The van der Waals surface area contributed by atoms with Gasteiger partial charge in [0, 0.05) is 22.9 Å². The van der Waals surface area contributed by atoms with Crippen molar-refractivity contribution in [2.75, 3.05) is 19.0 Å². The van der Waals surface area contributed by atoms with Crippen molar-refractivity contribution in [1.29, 1.82) is 0 Å². The highest BCUT2D eigenvalue weighted by atomic mass is 16.5. The highest BCUT2D eigenvalue weighted by Gasteiger charge is 2.28. The topological polar surface area (TPSA) is 122 Å². The quantitative estimate of drug-likeness (QED) is 0.364. The van der Waals surface area contributed by atoms with Gasteiger partial charge in [-0.05, 0) is 69.2 Å². The van der Waals surface area contributed by atoms with Gasteiger partial charge in [0.05, 0.1) is 18.8 Å². The van der Waals surface area contributed by atoms with E-state index in [1.807, 2.05) is 37.3 Å². The Morgan fingerprint density at radius 2 is 1.78 bits per heavy atom. The van der Waals surface area contributed by atoms with Gasteiger partial charge >= 0.3 is 6.09 Å². The second-order valence-corrected chi connectivity index (χ2v) is 9.49. The summed E-state index contributed by atoms with van der Waals surface area (Å²) in [6.45, 7) is 2.67. The van der Waals surface area contributed by atoms with E-state index in [4.69, 9.17) is 10.7 Å². The van der Waals surface area contributed by atoms with Crippen molar-refractivity contribution in [3.63, 3.8) is 0 Å². The fourth-order valence-electron chi connectivity index (χ4n) is 4.83. The van der Waals surface area contributed by atoms with Gasteiger partial charge in [-0.3, -0.25) is 10.1 Å². The fourth-order valence-corrected chi connectivity index (χ4v) is 4.83. The van der Waals surface area contributed by atoms with Crippen LogP contribution in [0.1, 0.15) is 48.8 Å². The number of ether oxygens (including phenoxy) is 1. The molecule has 8 nitrogen and oxygen atoms in total. The monoisotopic (exact) mass is 489 g/mol. The molecule has 1 aliphatic carbocycles. The predicted molar refractivity (Wildman–Crippen MR) is 140 cm³/mol. The van der Waals surface area contributed by atoms with Crippen LogP contribution in [0, 0.1) is 18.8 Å². The van der Waals surface area contributed by atoms with Gasteiger partial charge in [0.15, 0.2) is 0 Å². The van der Waals surface area contributed by atoms with Crippen LogP contribution in [0.15, 0.2) is 54.6 Å². The molecule has 0 radical (unpaired) electrons. The molecule has 4 rings (SSSR count). The number of amides is 2. The Hall–Kier alpha value is -3.65. The van der Waals surface area contributed by atoms with Crippen LogP contribution >= 0.6 is 0 Å². The maximum absolute atomic E-state index is 13.3. The normalized spacial score (nSPS) is 18.3. The maximum Gasteiger partial charge on any atom is 0.411 e. The third-order valence-corrected chi connectivity index (χ3v) is 6.97. The molecule has 190 valence electrons. The minimum absolute atomic E-state index is 0.0106. The van der Waals surface area contributed by atoms with Gasteiger partial charge in [0.25, 0.3) is 0 Å². The van der Waals surface area contributed by atoms with Crippen LogP contribution in [0.3, 0.4) is 0 Å². The van der Waals surface area contributed by atoms with Crippen LogP contribution in [0.2, 0.25) is 0 Å². The Morgan fingerprint density at radius 1 is 1.08 bits per heavy atom.